The summed E-state index contributed by atoms with van der Waals surface area (Å²) in [6.07, 6.45) is 0. The average Bonchev–Trinajstić information content (AvgIpc) is 3.34. The Morgan fingerprint density at radius 1 is 0.667 bits per heavy atom. The highest BCUT2D eigenvalue weighted by molar-refractivity contribution is 6.63. The molecule has 0 saturated heterocycles. The molecule has 8 heteroatoms. The fourth-order valence-corrected chi connectivity index (χ4v) is 3.72. The Kier molecular flexibility index (Phi) is 5.39. The normalized spacial score (nSPS) is 14.9. The number of rotatable bonds is 6. The molecule has 2 heterocycles. The molecule has 0 fully saturated rings. The summed E-state index contributed by atoms with van der Waals surface area (Å²) in [6, 6.07) is 17.1. The number of hydrogen-bond acceptors (Lipinski definition) is 4. The van der Waals surface area contributed by atoms with Crippen LogP contribution in [0.4, 0.5) is 8.78 Å². The summed E-state index contributed by atoms with van der Waals surface area (Å²) >= 11 is 0. The summed E-state index contributed by atoms with van der Waals surface area (Å²) in [7, 11) is -0.957. The van der Waals surface area contributed by atoms with E-state index in [1.165, 1.54) is 24.3 Å². The second-order valence-corrected chi connectivity index (χ2v) is 7.41. The summed E-state index contributed by atoms with van der Waals surface area (Å²) in [5.74, 6) is -0.538. The van der Waals surface area contributed by atoms with E-state index >= 15 is 0 Å². The van der Waals surface area contributed by atoms with Crippen LogP contribution in [0, 0.1) is 11.6 Å². The zero-order valence-electron chi connectivity index (χ0n) is 16.1. The molecule has 0 amide bonds. The number of halogens is 2. The van der Waals surface area contributed by atoms with Gasteiger partial charge in [0.05, 0.1) is 26.4 Å². The van der Waals surface area contributed by atoms with Gasteiger partial charge in [0.1, 0.15) is 11.6 Å². The second kappa shape index (κ2) is 8.32. The van der Waals surface area contributed by atoms with Crippen molar-refractivity contribution in [2.75, 3.05) is 0 Å². The Balaban J connectivity index is 1.15. The highest BCUT2D eigenvalue weighted by Crippen LogP contribution is 2.17. The van der Waals surface area contributed by atoms with Crippen LogP contribution in [0.1, 0.15) is 22.3 Å². The minimum Gasteiger partial charge on any atom is -0.403 e. The zero-order valence-corrected chi connectivity index (χ0v) is 16.1. The smallest absolute Gasteiger partial charge is 0.403 e. The fraction of sp³-hybridized carbons (Fsp3) is 0.182. The van der Waals surface area contributed by atoms with Crippen molar-refractivity contribution < 1.29 is 27.4 Å². The minimum atomic E-state index is -0.479. The Labute approximate surface area is 174 Å². The lowest BCUT2D eigenvalue weighted by Gasteiger charge is -2.11. The first-order valence-corrected chi connectivity index (χ1v) is 9.76. The van der Waals surface area contributed by atoms with E-state index in [9.17, 15) is 8.78 Å². The van der Waals surface area contributed by atoms with E-state index in [2.05, 4.69) is 0 Å². The first-order valence-electron chi connectivity index (χ1n) is 9.76. The molecule has 30 heavy (non-hydrogen) atoms. The molecule has 150 valence electrons. The third-order valence-electron chi connectivity index (χ3n) is 5.32. The number of benzene rings is 3. The monoisotopic (exact) mass is 406 g/mol. The Hall–Kier alpha value is -2.51. The molecule has 0 bridgehead atoms. The van der Waals surface area contributed by atoms with Gasteiger partial charge in [0.2, 0.25) is 0 Å². The van der Waals surface area contributed by atoms with E-state index < -0.39 is 14.2 Å². The molecule has 0 aromatic heterocycles. The SMILES string of the molecule is Fc1ccc2c(c1)COB2OCc1ccc(COB2OCc3cc(F)ccc32)cc1. The molecular formula is C22H18B2F2O4. The maximum absolute atomic E-state index is 13.3. The zero-order chi connectivity index (χ0) is 20.5. The molecule has 0 aliphatic carbocycles. The lowest BCUT2D eigenvalue weighted by molar-refractivity contribution is 0.202. The average molecular weight is 406 g/mol. The van der Waals surface area contributed by atoms with Gasteiger partial charge in [-0.1, -0.05) is 36.4 Å². The Morgan fingerprint density at radius 3 is 1.53 bits per heavy atom. The van der Waals surface area contributed by atoms with E-state index in [0.717, 1.165) is 33.2 Å². The van der Waals surface area contributed by atoms with Gasteiger partial charge < -0.3 is 18.6 Å². The van der Waals surface area contributed by atoms with Crippen molar-refractivity contribution in [1.82, 2.24) is 0 Å². The summed E-state index contributed by atoms with van der Waals surface area (Å²) < 4.78 is 49.5. The molecule has 0 saturated carbocycles. The van der Waals surface area contributed by atoms with Gasteiger partial charge in [-0.25, -0.2) is 8.78 Å². The van der Waals surface area contributed by atoms with E-state index in [-0.39, 0.29) is 11.6 Å². The van der Waals surface area contributed by atoms with Crippen molar-refractivity contribution in [3.63, 3.8) is 0 Å². The maximum atomic E-state index is 13.3. The predicted octanol–water partition coefficient (Wildman–Crippen LogP) is 2.85. The van der Waals surface area contributed by atoms with Crippen LogP contribution in [0.2, 0.25) is 0 Å². The van der Waals surface area contributed by atoms with Crippen LogP contribution in [0.3, 0.4) is 0 Å². The van der Waals surface area contributed by atoms with Gasteiger partial charge in [-0.3, -0.25) is 0 Å². The molecule has 0 unspecified atom stereocenters. The van der Waals surface area contributed by atoms with Crippen LogP contribution in [-0.4, -0.2) is 14.2 Å². The molecular weight excluding hydrogens is 388 g/mol. The van der Waals surface area contributed by atoms with Crippen LogP contribution in [0.25, 0.3) is 0 Å². The van der Waals surface area contributed by atoms with Crippen molar-refractivity contribution in [2.45, 2.75) is 26.4 Å². The molecule has 2 aliphatic rings. The van der Waals surface area contributed by atoms with Gasteiger partial charge in [-0.05, 0) is 57.4 Å². The van der Waals surface area contributed by atoms with E-state index in [0.29, 0.717) is 26.4 Å². The Bertz CT molecular complexity index is 977. The minimum absolute atomic E-state index is 0.269. The van der Waals surface area contributed by atoms with Crippen molar-refractivity contribution in [1.29, 1.82) is 0 Å². The topological polar surface area (TPSA) is 36.9 Å². The standard InChI is InChI=1S/C22H18B2F2O4/c25-19-5-7-21-17(9-19)13-29-23(21)27-11-15-1-2-16(4-3-15)12-28-24-22-8-6-20(26)10-18(22)14-30-24/h1-10H,11-14H2. The van der Waals surface area contributed by atoms with Crippen molar-refractivity contribution in [3.8, 4) is 0 Å². The first kappa shape index (κ1) is 19.5. The maximum Gasteiger partial charge on any atom is 0.494 e. The van der Waals surface area contributed by atoms with Crippen LogP contribution >= 0.6 is 0 Å². The van der Waals surface area contributed by atoms with Crippen LogP contribution in [0.5, 0.6) is 0 Å². The lowest BCUT2D eigenvalue weighted by atomic mass is 9.79. The molecule has 3 aromatic carbocycles. The van der Waals surface area contributed by atoms with Gasteiger partial charge in [0.25, 0.3) is 0 Å². The van der Waals surface area contributed by atoms with E-state index in [1.54, 1.807) is 12.1 Å². The molecule has 2 aliphatic heterocycles. The van der Waals surface area contributed by atoms with Gasteiger partial charge in [-0.15, -0.1) is 0 Å². The van der Waals surface area contributed by atoms with Crippen molar-refractivity contribution >= 4 is 25.2 Å². The highest BCUT2D eigenvalue weighted by Gasteiger charge is 2.32. The van der Waals surface area contributed by atoms with Crippen LogP contribution in [-0.2, 0) is 45.0 Å². The van der Waals surface area contributed by atoms with E-state index in [4.69, 9.17) is 18.6 Å². The summed E-state index contributed by atoms with van der Waals surface area (Å²) in [5, 5.41) is 0. The Morgan fingerprint density at radius 2 is 1.10 bits per heavy atom. The summed E-state index contributed by atoms with van der Waals surface area (Å²) in [4.78, 5) is 0. The van der Waals surface area contributed by atoms with Crippen molar-refractivity contribution in [2.24, 2.45) is 0 Å². The highest BCUT2D eigenvalue weighted by atomic mass is 19.1. The molecule has 4 nitrogen and oxygen atoms in total. The molecule has 3 aromatic rings. The van der Waals surface area contributed by atoms with Crippen LogP contribution < -0.4 is 10.9 Å². The predicted molar refractivity (Wildman–Crippen MR) is 109 cm³/mol. The second-order valence-electron chi connectivity index (χ2n) is 7.41. The number of hydrogen-bond donors (Lipinski definition) is 0. The van der Waals surface area contributed by atoms with Gasteiger partial charge in [0, 0.05) is 0 Å². The van der Waals surface area contributed by atoms with Gasteiger partial charge in [0.15, 0.2) is 0 Å². The third-order valence-corrected chi connectivity index (χ3v) is 5.32. The molecule has 0 atom stereocenters. The lowest BCUT2D eigenvalue weighted by Crippen LogP contribution is -2.32. The molecule has 5 rings (SSSR count). The van der Waals surface area contributed by atoms with E-state index in [1.807, 2.05) is 24.3 Å². The fourth-order valence-electron chi connectivity index (χ4n) is 3.72. The first-order chi connectivity index (χ1) is 14.7. The van der Waals surface area contributed by atoms with Crippen LogP contribution in [0.15, 0.2) is 60.7 Å². The molecule has 0 spiro atoms. The molecule has 0 radical (unpaired) electrons. The molecule has 0 N–H and O–H groups in total. The largest absolute Gasteiger partial charge is 0.494 e. The third kappa shape index (κ3) is 4.04. The summed E-state index contributed by atoms with van der Waals surface area (Å²) in [5.41, 5.74) is 5.39. The van der Waals surface area contributed by atoms with Crippen molar-refractivity contribution in [3.05, 3.63) is 94.6 Å². The summed E-state index contributed by atoms with van der Waals surface area (Å²) in [6.45, 7) is 1.47. The van der Waals surface area contributed by atoms with Gasteiger partial charge >= 0.3 is 14.2 Å². The number of fused-ring (bicyclic) bond motifs is 2. The quantitative estimate of drug-likeness (QED) is 0.591. The van der Waals surface area contributed by atoms with Gasteiger partial charge in [-0.2, -0.15) is 0 Å².